The van der Waals surface area contributed by atoms with E-state index in [2.05, 4.69) is 0 Å². The second-order valence-corrected chi connectivity index (χ2v) is 12.4. The molecule has 0 spiro atoms. The van der Waals surface area contributed by atoms with Gasteiger partial charge in [-0.2, -0.15) is 0 Å². The van der Waals surface area contributed by atoms with Crippen molar-refractivity contribution >= 4 is 33.3 Å². The molecule has 4 aromatic rings. The smallest absolute Gasteiger partial charge is 0.338 e. The number of ether oxygens (including phenoxy) is 2. The first kappa shape index (κ1) is 28.2. The van der Waals surface area contributed by atoms with Gasteiger partial charge in [0.2, 0.25) is 10.0 Å². The molecule has 0 fully saturated rings. The maximum atomic E-state index is 12.7. The summed E-state index contributed by atoms with van der Waals surface area (Å²) in [6, 6.07) is 29.0. The summed E-state index contributed by atoms with van der Waals surface area (Å²) in [5, 5.41) is 0.299. The van der Waals surface area contributed by atoms with Gasteiger partial charge >= 0.3 is 5.97 Å². The Morgan fingerprint density at radius 1 is 0.821 bits per heavy atom. The molecule has 0 atom stereocenters. The van der Waals surface area contributed by atoms with E-state index in [1.807, 2.05) is 60.7 Å². The number of halogens is 1. The van der Waals surface area contributed by atoms with Crippen LogP contribution in [0.2, 0.25) is 5.02 Å². The summed E-state index contributed by atoms with van der Waals surface area (Å²) in [7, 11) is -3.66. The molecule has 0 saturated heterocycles. The van der Waals surface area contributed by atoms with Gasteiger partial charge in [0.05, 0.1) is 29.1 Å². The zero-order valence-electron chi connectivity index (χ0n) is 22.2. The van der Waals surface area contributed by atoms with Crippen LogP contribution in [-0.2, 0) is 21.3 Å². The quantitative estimate of drug-likeness (QED) is 0.205. The van der Waals surface area contributed by atoms with Crippen LogP contribution in [0, 0.1) is 0 Å². The number of esters is 1. The highest BCUT2D eigenvalue weighted by atomic mass is 35.5. The fourth-order valence-electron chi connectivity index (χ4n) is 3.86. The maximum absolute atomic E-state index is 12.7. The minimum absolute atomic E-state index is 0.0536. The van der Waals surface area contributed by atoms with Crippen molar-refractivity contribution in [3.8, 4) is 22.6 Å². The Kier molecular flexibility index (Phi) is 8.33. The lowest BCUT2D eigenvalue weighted by atomic mass is 10.0. The Hall–Kier alpha value is -3.81. The van der Waals surface area contributed by atoms with Gasteiger partial charge in [0.1, 0.15) is 17.1 Å². The molecular formula is C31H30ClNO5S. The van der Waals surface area contributed by atoms with Crippen LogP contribution in [0.5, 0.6) is 11.5 Å². The van der Waals surface area contributed by atoms with Gasteiger partial charge in [0, 0.05) is 0 Å². The Morgan fingerprint density at radius 2 is 1.41 bits per heavy atom. The predicted molar refractivity (Wildman–Crippen MR) is 156 cm³/mol. The highest BCUT2D eigenvalue weighted by Gasteiger charge is 2.22. The average Bonchev–Trinajstić information content (AvgIpc) is 2.87. The zero-order chi connectivity index (χ0) is 28.2. The number of hydrogen-bond acceptors (Lipinski definition) is 5. The van der Waals surface area contributed by atoms with E-state index < -0.39 is 21.6 Å². The average molecular weight is 564 g/mol. The van der Waals surface area contributed by atoms with Gasteiger partial charge in [0.15, 0.2) is 0 Å². The third-order valence-corrected chi connectivity index (χ3v) is 7.13. The number of para-hydroxylation sites is 1. The van der Waals surface area contributed by atoms with E-state index in [1.165, 1.54) is 4.31 Å². The zero-order valence-corrected chi connectivity index (χ0v) is 23.8. The van der Waals surface area contributed by atoms with Gasteiger partial charge in [-0.05, 0) is 86.0 Å². The van der Waals surface area contributed by atoms with Crippen molar-refractivity contribution in [1.82, 2.24) is 0 Å². The molecule has 202 valence electrons. The molecule has 8 heteroatoms. The molecular weight excluding hydrogens is 534 g/mol. The Labute approximate surface area is 234 Å². The lowest BCUT2D eigenvalue weighted by molar-refractivity contribution is 0.00694. The molecule has 0 amide bonds. The fourth-order valence-corrected chi connectivity index (χ4v) is 5.09. The summed E-state index contributed by atoms with van der Waals surface area (Å²) in [6.45, 7) is 5.45. The van der Waals surface area contributed by atoms with Crippen molar-refractivity contribution in [2.75, 3.05) is 10.6 Å². The molecule has 6 nitrogen and oxygen atoms in total. The van der Waals surface area contributed by atoms with Crippen LogP contribution in [-0.4, -0.2) is 26.2 Å². The normalized spacial score (nSPS) is 11.6. The largest absolute Gasteiger partial charge is 0.457 e. The Morgan fingerprint density at radius 3 is 1.97 bits per heavy atom. The molecule has 0 aliphatic carbocycles. The monoisotopic (exact) mass is 563 g/mol. The topological polar surface area (TPSA) is 72.9 Å². The summed E-state index contributed by atoms with van der Waals surface area (Å²) >= 11 is 6.62. The number of nitrogens with zero attached hydrogens (tertiary/aromatic N) is 1. The predicted octanol–water partition coefficient (Wildman–Crippen LogP) is 7.72. The van der Waals surface area contributed by atoms with Crippen molar-refractivity contribution in [1.29, 1.82) is 0 Å². The first-order valence-corrected chi connectivity index (χ1v) is 14.5. The second-order valence-electron chi connectivity index (χ2n) is 10.1. The van der Waals surface area contributed by atoms with E-state index in [-0.39, 0.29) is 6.54 Å². The van der Waals surface area contributed by atoms with E-state index in [4.69, 9.17) is 21.1 Å². The van der Waals surface area contributed by atoms with Gasteiger partial charge in [-0.25, -0.2) is 13.2 Å². The van der Waals surface area contributed by atoms with Crippen molar-refractivity contribution in [3.05, 3.63) is 113 Å². The first-order valence-electron chi connectivity index (χ1n) is 12.3. The molecule has 0 bridgehead atoms. The van der Waals surface area contributed by atoms with Crippen LogP contribution in [0.25, 0.3) is 11.1 Å². The number of anilines is 1. The van der Waals surface area contributed by atoms with Gasteiger partial charge in [-0.3, -0.25) is 4.31 Å². The minimum Gasteiger partial charge on any atom is -0.457 e. The summed E-state index contributed by atoms with van der Waals surface area (Å²) in [5.74, 6) is 1.01. The van der Waals surface area contributed by atoms with Crippen molar-refractivity contribution in [2.45, 2.75) is 32.9 Å². The first-order chi connectivity index (χ1) is 18.4. The second kappa shape index (κ2) is 11.5. The van der Waals surface area contributed by atoms with E-state index >= 15 is 0 Å². The van der Waals surface area contributed by atoms with Gasteiger partial charge < -0.3 is 9.47 Å². The van der Waals surface area contributed by atoms with Crippen molar-refractivity contribution < 1.29 is 22.7 Å². The molecule has 0 aliphatic heterocycles. The van der Waals surface area contributed by atoms with Crippen LogP contribution >= 0.6 is 11.6 Å². The molecule has 0 saturated carbocycles. The standard InChI is InChI=1S/C31H30ClNO5S/c1-31(2,3)38-30(34)24-12-10-22(11-13-24)21-33(39(4,35)36)29-19-16-25(20-28(29)32)23-14-17-27(18-15-23)37-26-8-6-5-7-9-26/h5-20H,21H2,1-4H3. The van der Waals surface area contributed by atoms with Crippen LogP contribution in [0.15, 0.2) is 97.1 Å². The molecule has 39 heavy (non-hydrogen) atoms. The van der Waals surface area contributed by atoms with Crippen LogP contribution in [0.3, 0.4) is 0 Å². The van der Waals surface area contributed by atoms with Crippen molar-refractivity contribution in [2.24, 2.45) is 0 Å². The molecule has 4 rings (SSSR count). The highest BCUT2D eigenvalue weighted by molar-refractivity contribution is 7.92. The minimum atomic E-state index is -3.66. The van der Waals surface area contributed by atoms with Crippen LogP contribution < -0.4 is 9.04 Å². The number of carbonyl (C=O) groups is 1. The Balaban J connectivity index is 1.52. The molecule has 4 aromatic carbocycles. The fraction of sp³-hybridized carbons (Fsp3) is 0.194. The third kappa shape index (κ3) is 7.62. The SMILES string of the molecule is CC(C)(C)OC(=O)c1ccc(CN(c2ccc(-c3ccc(Oc4ccccc4)cc3)cc2Cl)S(C)(=O)=O)cc1. The molecule has 0 unspecified atom stereocenters. The number of sulfonamides is 1. The van der Waals surface area contributed by atoms with Crippen LogP contribution in [0.1, 0.15) is 36.7 Å². The highest BCUT2D eigenvalue weighted by Crippen LogP contribution is 2.34. The van der Waals surface area contributed by atoms with Gasteiger partial charge in [0.25, 0.3) is 0 Å². The summed E-state index contributed by atoms with van der Waals surface area (Å²) < 4.78 is 38.0. The molecule has 0 aromatic heterocycles. The summed E-state index contributed by atoms with van der Waals surface area (Å²) in [4.78, 5) is 12.3. The lowest BCUT2D eigenvalue weighted by Crippen LogP contribution is -2.29. The summed E-state index contributed by atoms with van der Waals surface area (Å²) in [6.07, 6.45) is 1.14. The number of rotatable bonds is 8. The van der Waals surface area contributed by atoms with Gasteiger partial charge in [-0.15, -0.1) is 0 Å². The van der Waals surface area contributed by atoms with Gasteiger partial charge in [-0.1, -0.05) is 60.1 Å². The number of hydrogen-bond donors (Lipinski definition) is 0. The molecule has 0 aliphatic rings. The number of benzene rings is 4. The van der Waals surface area contributed by atoms with Crippen molar-refractivity contribution in [3.63, 3.8) is 0 Å². The van der Waals surface area contributed by atoms with E-state index in [1.54, 1.807) is 57.2 Å². The molecule has 0 heterocycles. The lowest BCUT2D eigenvalue weighted by Gasteiger charge is -2.24. The third-order valence-electron chi connectivity index (χ3n) is 5.70. The van der Waals surface area contributed by atoms with E-state index in [0.717, 1.165) is 23.1 Å². The van der Waals surface area contributed by atoms with E-state index in [9.17, 15) is 13.2 Å². The Bertz CT molecular complexity index is 1550. The number of carbonyl (C=O) groups excluding carboxylic acids is 1. The van der Waals surface area contributed by atoms with Crippen LogP contribution in [0.4, 0.5) is 5.69 Å². The maximum Gasteiger partial charge on any atom is 0.338 e. The summed E-state index contributed by atoms with van der Waals surface area (Å²) in [5.41, 5.74) is 2.59. The van der Waals surface area contributed by atoms with E-state index in [0.29, 0.717) is 27.6 Å². The molecule has 0 radical (unpaired) electrons. The molecule has 0 N–H and O–H groups in total.